The van der Waals surface area contributed by atoms with Crippen LogP contribution in [0.25, 0.3) is 11.1 Å². The number of nitrogens with zero attached hydrogens (tertiary/aromatic N) is 3. The Kier molecular flexibility index (Phi) is 7.21. The molecule has 0 aliphatic heterocycles. The van der Waals surface area contributed by atoms with Crippen LogP contribution in [0.4, 0.5) is 5.82 Å². The zero-order valence-electron chi connectivity index (χ0n) is 17.2. The predicted molar refractivity (Wildman–Crippen MR) is 123 cm³/mol. The number of nitriles is 2. The molecular weight excluding hydrogens is 448 g/mol. The summed E-state index contributed by atoms with van der Waals surface area (Å²) in [7, 11) is 2.98. The third-order valence-electron chi connectivity index (χ3n) is 4.58. The van der Waals surface area contributed by atoms with Crippen molar-refractivity contribution >= 4 is 35.0 Å². The highest BCUT2D eigenvalue weighted by Gasteiger charge is 2.22. The number of carbonyl (C=O) groups is 1. The van der Waals surface area contributed by atoms with Gasteiger partial charge in [-0.2, -0.15) is 10.5 Å². The first-order valence-electron chi connectivity index (χ1n) is 9.21. The number of carbonyl (C=O) groups excluding carboxylic acids is 1. The summed E-state index contributed by atoms with van der Waals surface area (Å²) in [6.45, 7) is 0. The van der Waals surface area contributed by atoms with E-state index in [1.54, 1.807) is 42.5 Å². The largest absolute Gasteiger partial charge is 0.497 e. The van der Waals surface area contributed by atoms with E-state index >= 15 is 0 Å². The molecule has 0 fully saturated rings. The van der Waals surface area contributed by atoms with Gasteiger partial charge in [0.05, 0.1) is 31.1 Å². The van der Waals surface area contributed by atoms with Crippen LogP contribution in [-0.4, -0.2) is 30.7 Å². The number of ether oxygens (including phenoxy) is 2. The standard InChI is InChI=1S/C23H17ClN4O3S/c1-30-15-6-7-20(31-2)16(9-15)19(29)12-32-23-18(11-26)21(17(10-25)22(27)28-23)13-4-3-5-14(24)8-13/h3-9H,12H2,1-2H3,(H2,27,28). The molecule has 2 aromatic carbocycles. The quantitative estimate of drug-likeness (QED) is 0.393. The van der Waals surface area contributed by atoms with Crippen molar-refractivity contribution in [3.8, 4) is 34.8 Å². The number of hydrogen-bond acceptors (Lipinski definition) is 8. The Morgan fingerprint density at radius 1 is 1.12 bits per heavy atom. The Hall–Kier alpha value is -3.72. The maximum Gasteiger partial charge on any atom is 0.176 e. The van der Waals surface area contributed by atoms with E-state index in [1.165, 1.54) is 14.2 Å². The molecule has 160 valence electrons. The average Bonchev–Trinajstić information content (AvgIpc) is 2.81. The number of thioether (sulfide) groups is 1. The number of methoxy groups -OCH3 is 2. The van der Waals surface area contributed by atoms with E-state index in [4.69, 9.17) is 26.8 Å². The van der Waals surface area contributed by atoms with Crippen LogP contribution in [0.2, 0.25) is 5.02 Å². The van der Waals surface area contributed by atoms with Crippen LogP contribution in [0.15, 0.2) is 47.5 Å². The minimum Gasteiger partial charge on any atom is -0.497 e. The molecule has 7 nitrogen and oxygen atoms in total. The van der Waals surface area contributed by atoms with Crippen LogP contribution in [0.3, 0.4) is 0 Å². The van der Waals surface area contributed by atoms with E-state index in [9.17, 15) is 15.3 Å². The lowest BCUT2D eigenvalue weighted by atomic mass is 9.97. The third kappa shape index (κ3) is 4.62. The van der Waals surface area contributed by atoms with Crippen molar-refractivity contribution in [3.05, 3.63) is 64.2 Å². The highest BCUT2D eigenvalue weighted by molar-refractivity contribution is 8.00. The van der Waals surface area contributed by atoms with Crippen molar-refractivity contribution in [3.63, 3.8) is 0 Å². The number of pyridine rings is 1. The highest BCUT2D eigenvalue weighted by Crippen LogP contribution is 2.37. The van der Waals surface area contributed by atoms with Gasteiger partial charge in [-0.3, -0.25) is 4.79 Å². The molecule has 0 radical (unpaired) electrons. The fraction of sp³-hybridized carbons (Fsp3) is 0.130. The number of nitrogen functional groups attached to an aromatic ring is 1. The van der Waals surface area contributed by atoms with Crippen LogP contribution < -0.4 is 15.2 Å². The van der Waals surface area contributed by atoms with Gasteiger partial charge in [-0.15, -0.1) is 0 Å². The summed E-state index contributed by atoms with van der Waals surface area (Å²) in [6.07, 6.45) is 0. The van der Waals surface area contributed by atoms with Crippen LogP contribution in [-0.2, 0) is 0 Å². The first-order chi connectivity index (χ1) is 15.4. The summed E-state index contributed by atoms with van der Waals surface area (Å²) in [5.41, 5.74) is 7.48. The monoisotopic (exact) mass is 464 g/mol. The fourth-order valence-electron chi connectivity index (χ4n) is 3.08. The van der Waals surface area contributed by atoms with Gasteiger partial charge < -0.3 is 15.2 Å². The van der Waals surface area contributed by atoms with Crippen LogP contribution in [0.1, 0.15) is 21.5 Å². The Labute approximate surface area is 194 Å². The van der Waals surface area contributed by atoms with Crippen molar-refractivity contribution in [2.45, 2.75) is 5.03 Å². The zero-order valence-corrected chi connectivity index (χ0v) is 18.8. The van der Waals surface area contributed by atoms with E-state index < -0.39 is 0 Å². The minimum absolute atomic E-state index is 0.0321. The van der Waals surface area contributed by atoms with Gasteiger partial charge in [-0.1, -0.05) is 35.5 Å². The number of ketones is 1. The number of nitrogens with two attached hydrogens (primary N) is 1. The summed E-state index contributed by atoms with van der Waals surface area (Å²) in [5.74, 6) is 0.606. The summed E-state index contributed by atoms with van der Waals surface area (Å²) in [6, 6.07) is 15.8. The van der Waals surface area contributed by atoms with Crippen molar-refractivity contribution in [1.82, 2.24) is 4.98 Å². The molecule has 0 saturated carbocycles. The van der Waals surface area contributed by atoms with Gasteiger partial charge in [-0.25, -0.2) is 4.98 Å². The smallest absolute Gasteiger partial charge is 0.176 e. The van der Waals surface area contributed by atoms with Gasteiger partial charge >= 0.3 is 0 Å². The Morgan fingerprint density at radius 2 is 1.88 bits per heavy atom. The minimum atomic E-state index is -0.247. The molecule has 0 bridgehead atoms. The lowest BCUT2D eigenvalue weighted by molar-refractivity contribution is 0.101. The maximum absolute atomic E-state index is 12.9. The molecule has 0 aliphatic carbocycles. The summed E-state index contributed by atoms with van der Waals surface area (Å²) >= 11 is 7.16. The number of hydrogen-bond donors (Lipinski definition) is 1. The fourth-order valence-corrected chi connectivity index (χ4v) is 4.15. The lowest BCUT2D eigenvalue weighted by Gasteiger charge is -2.13. The number of halogens is 1. The molecule has 32 heavy (non-hydrogen) atoms. The molecular formula is C23H17ClN4O3S. The SMILES string of the molecule is COc1ccc(OC)c(C(=O)CSc2nc(N)c(C#N)c(-c3cccc(Cl)c3)c2C#N)c1. The number of benzene rings is 2. The van der Waals surface area contributed by atoms with Crippen molar-refractivity contribution < 1.29 is 14.3 Å². The molecule has 0 spiro atoms. The second-order valence-corrected chi connectivity index (χ2v) is 7.84. The van der Waals surface area contributed by atoms with Gasteiger partial charge in [-0.05, 0) is 35.9 Å². The zero-order chi connectivity index (χ0) is 23.3. The molecule has 1 heterocycles. The molecule has 0 unspecified atom stereocenters. The summed E-state index contributed by atoms with van der Waals surface area (Å²) in [4.78, 5) is 17.1. The van der Waals surface area contributed by atoms with Gasteiger partial charge in [0.15, 0.2) is 5.78 Å². The Morgan fingerprint density at radius 3 is 2.50 bits per heavy atom. The van der Waals surface area contributed by atoms with Gasteiger partial charge in [0.2, 0.25) is 0 Å². The average molecular weight is 465 g/mol. The first-order valence-corrected chi connectivity index (χ1v) is 10.6. The van der Waals surface area contributed by atoms with E-state index in [0.717, 1.165) is 11.8 Å². The molecule has 0 saturated heterocycles. The first kappa shape index (κ1) is 23.0. The lowest BCUT2D eigenvalue weighted by Crippen LogP contribution is -2.08. The Bertz CT molecular complexity index is 1280. The Balaban J connectivity index is 2.02. The molecule has 0 aliphatic rings. The predicted octanol–water partition coefficient (Wildman–Crippen LogP) is 4.72. The van der Waals surface area contributed by atoms with Crippen molar-refractivity contribution in [2.75, 3.05) is 25.7 Å². The van der Waals surface area contributed by atoms with Crippen LogP contribution in [0.5, 0.6) is 11.5 Å². The molecule has 3 aromatic rings. The second kappa shape index (κ2) is 10.1. The van der Waals surface area contributed by atoms with Gasteiger partial charge in [0, 0.05) is 10.6 Å². The number of Topliss-reactive ketones (excluding diaryl/α,β-unsaturated/α-hetero) is 1. The van der Waals surface area contributed by atoms with E-state index in [1.807, 2.05) is 6.07 Å². The van der Waals surface area contributed by atoms with Crippen LogP contribution >= 0.6 is 23.4 Å². The van der Waals surface area contributed by atoms with Crippen LogP contribution in [0, 0.1) is 22.7 Å². The van der Waals surface area contributed by atoms with E-state index in [0.29, 0.717) is 33.2 Å². The molecule has 1 aromatic heterocycles. The second-order valence-electron chi connectivity index (χ2n) is 6.44. The molecule has 3 rings (SSSR count). The third-order valence-corrected chi connectivity index (χ3v) is 5.79. The maximum atomic E-state index is 12.9. The topological polar surface area (TPSA) is 122 Å². The molecule has 0 amide bonds. The van der Waals surface area contributed by atoms with E-state index in [-0.39, 0.29) is 33.5 Å². The molecule has 0 atom stereocenters. The van der Waals surface area contributed by atoms with Crippen molar-refractivity contribution in [1.29, 1.82) is 10.5 Å². The summed E-state index contributed by atoms with van der Waals surface area (Å²) < 4.78 is 10.5. The highest BCUT2D eigenvalue weighted by atomic mass is 35.5. The van der Waals surface area contributed by atoms with Gasteiger partial charge in [0.1, 0.15) is 40.0 Å². The number of rotatable bonds is 7. The molecule has 2 N–H and O–H groups in total. The number of anilines is 1. The van der Waals surface area contributed by atoms with Crippen molar-refractivity contribution in [2.24, 2.45) is 0 Å². The number of aromatic nitrogens is 1. The van der Waals surface area contributed by atoms with E-state index in [2.05, 4.69) is 11.1 Å². The summed E-state index contributed by atoms with van der Waals surface area (Å²) in [5, 5.41) is 20.2. The molecule has 9 heteroatoms. The van der Waals surface area contributed by atoms with Gasteiger partial charge in [0.25, 0.3) is 0 Å². The normalized spacial score (nSPS) is 10.2.